The van der Waals surface area contributed by atoms with Gasteiger partial charge in [-0.15, -0.1) is 0 Å². The Balaban J connectivity index is 2.64. The van der Waals surface area contributed by atoms with Crippen LogP contribution in [0, 0.1) is 11.8 Å². The quantitative estimate of drug-likeness (QED) is 0.726. The summed E-state index contributed by atoms with van der Waals surface area (Å²) in [7, 11) is 2.07. The molecule has 0 radical (unpaired) electrons. The zero-order valence-electron chi connectivity index (χ0n) is 10.7. The van der Waals surface area contributed by atoms with Crippen molar-refractivity contribution in [3.05, 3.63) is 0 Å². The van der Waals surface area contributed by atoms with Crippen molar-refractivity contribution in [2.45, 2.75) is 65.1 Å². The van der Waals surface area contributed by atoms with Crippen LogP contribution in [0.2, 0.25) is 0 Å². The van der Waals surface area contributed by atoms with E-state index in [-0.39, 0.29) is 6.23 Å². The molecule has 0 spiro atoms. The molecule has 0 bridgehead atoms. The zero-order valence-corrected chi connectivity index (χ0v) is 10.7. The van der Waals surface area contributed by atoms with Crippen LogP contribution in [-0.4, -0.2) is 29.3 Å². The summed E-state index contributed by atoms with van der Waals surface area (Å²) < 4.78 is 0. The minimum atomic E-state index is -0.306. The number of aliphatic hydroxyl groups is 1. The Morgan fingerprint density at radius 2 is 1.87 bits per heavy atom. The van der Waals surface area contributed by atoms with Crippen molar-refractivity contribution in [1.82, 2.24) is 4.90 Å². The Morgan fingerprint density at radius 1 is 1.27 bits per heavy atom. The van der Waals surface area contributed by atoms with Gasteiger partial charge in [0.2, 0.25) is 0 Å². The Kier molecular flexibility index (Phi) is 5.07. The first-order valence-corrected chi connectivity index (χ1v) is 6.48. The molecule has 0 aromatic carbocycles. The summed E-state index contributed by atoms with van der Waals surface area (Å²) in [6.45, 7) is 6.51. The summed E-state index contributed by atoms with van der Waals surface area (Å²) in [4.78, 5) is 2.16. The fourth-order valence-electron chi connectivity index (χ4n) is 2.89. The molecular formula is C13H27NO. The van der Waals surface area contributed by atoms with Gasteiger partial charge < -0.3 is 5.11 Å². The molecule has 2 nitrogen and oxygen atoms in total. The van der Waals surface area contributed by atoms with Gasteiger partial charge >= 0.3 is 0 Å². The molecule has 4 atom stereocenters. The van der Waals surface area contributed by atoms with Crippen LogP contribution in [0.4, 0.5) is 0 Å². The predicted octanol–water partition coefficient (Wildman–Crippen LogP) is 2.86. The van der Waals surface area contributed by atoms with Crippen molar-refractivity contribution in [1.29, 1.82) is 0 Å². The molecule has 90 valence electrons. The van der Waals surface area contributed by atoms with Gasteiger partial charge in [-0.2, -0.15) is 0 Å². The highest BCUT2D eigenvalue weighted by atomic mass is 16.3. The smallest absolute Gasteiger partial charge is 0.104 e. The first-order valence-electron chi connectivity index (χ1n) is 6.48. The normalized spacial score (nSPS) is 31.6. The standard InChI is InChI=1S/C13H27NO/c1-5-10(2)12-8-6-7-9-13(12)14(4)11(3)15/h10-13,15H,5-9H2,1-4H3. The second-order valence-corrected chi connectivity index (χ2v) is 5.20. The average Bonchev–Trinajstić information content (AvgIpc) is 2.27. The van der Waals surface area contributed by atoms with E-state index in [9.17, 15) is 5.11 Å². The van der Waals surface area contributed by atoms with Gasteiger partial charge in [0.15, 0.2) is 0 Å². The molecule has 0 amide bonds. The summed E-state index contributed by atoms with van der Waals surface area (Å²) in [5, 5.41) is 9.67. The molecule has 1 N–H and O–H groups in total. The SMILES string of the molecule is CCC(C)C1CCCCC1N(C)C(C)O. The van der Waals surface area contributed by atoms with Crippen molar-refractivity contribution >= 4 is 0 Å². The molecule has 1 aliphatic rings. The van der Waals surface area contributed by atoms with Crippen LogP contribution in [0.1, 0.15) is 52.9 Å². The molecule has 1 rings (SSSR count). The van der Waals surface area contributed by atoms with E-state index >= 15 is 0 Å². The van der Waals surface area contributed by atoms with Gasteiger partial charge in [-0.3, -0.25) is 4.90 Å². The number of nitrogens with zero attached hydrogens (tertiary/aromatic N) is 1. The Morgan fingerprint density at radius 3 is 2.40 bits per heavy atom. The Bertz CT molecular complexity index is 181. The van der Waals surface area contributed by atoms with Gasteiger partial charge in [-0.05, 0) is 38.6 Å². The molecule has 15 heavy (non-hydrogen) atoms. The number of hydrogen-bond acceptors (Lipinski definition) is 2. The highest BCUT2D eigenvalue weighted by Crippen LogP contribution is 2.34. The summed E-state index contributed by atoms with van der Waals surface area (Å²) in [6.07, 6.45) is 6.26. The van der Waals surface area contributed by atoms with Crippen LogP contribution < -0.4 is 0 Å². The maximum Gasteiger partial charge on any atom is 0.104 e. The van der Waals surface area contributed by atoms with E-state index in [1.54, 1.807) is 0 Å². The maximum absolute atomic E-state index is 9.67. The van der Waals surface area contributed by atoms with Gasteiger partial charge in [0, 0.05) is 6.04 Å². The number of hydrogen-bond donors (Lipinski definition) is 1. The van der Waals surface area contributed by atoms with Gasteiger partial charge in [0.25, 0.3) is 0 Å². The highest BCUT2D eigenvalue weighted by Gasteiger charge is 2.32. The van der Waals surface area contributed by atoms with Crippen molar-refractivity contribution in [3.8, 4) is 0 Å². The van der Waals surface area contributed by atoms with E-state index in [4.69, 9.17) is 0 Å². The van der Waals surface area contributed by atoms with Gasteiger partial charge in [0.05, 0.1) is 0 Å². The Hall–Kier alpha value is -0.0800. The highest BCUT2D eigenvalue weighted by molar-refractivity contribution is 4.84. The molecule has 0 aromatic rings. The lowest BCUT2D eigenvalue weighted by atomic mass is 9.75. The van der Waals surface area contributed by atoms with Crippen LogP contribution in [-0.2, 0) is 0 Å². The number of rotatable bonds is 4. The van der Waals surface area contributed by atoms with Crippen LogP contribution in [0.3, 0.4) is 0 Å². The second-order valence-electron chi connectivity index (χ2n) is 5.20. The topological polar surface area (TPSA) is 23.5 Å². The minimum Gasteiger partial charge on any atom is -0.379 e. The van der Waals surface area contributed by atoms with Gasteiger partial charge in [-0.25, -0.2) is 0 Å². The molecule has 2 heteroatoms. The summed E-state index contributed by atoms with van der Waals surface area (Å²) >= 11 is 0. The van der Waals surface area contributed by atoms with Crippen molar-refractivity contribution < 1.29 is 5.11 Å². The Labute approximate surface area is 94.7 Å². The van der Waals surface area contributed by atoms with Gasteiger partial charge in [-0.1, -0.05) is 33.1 Å². The summed E-state index contributed by atoms with van der Waals surface area (Å²) in [5.74, 6) is 1.57. The molecule has 0 saturated heterocycles. The molecule has 0 heterocycles. The molecule has 4 unspecified atom stereocenters. The van der Waals surface area contributed by atoms with Gasteiger partial charge in [0.1, 0.15) is 6.23 Å². The van der Waals surface area contributed by atoms with Crippen molar-refractivity contribution in [2.24, 2.45) is 11.8 Å². The third-order valence-electron chi connectivity index (χ3n) is 4.27. The molecular weight excluding hydrogens is 186 g/mol. The van der Waals surface area contributed by atoms with Crippen LogP contribution in [0.5, 0.6) is 0 Å². The molecule has 1 saturated carbocycles. The van der Waals surface area contributed by atoms with E-state index in [0.29, 0.717) is 6.04 Å². The molecule has 0 aromatic heterocycles. The van der Waals surface area contributed by atoms with E-state index in [1.165, 1.54) is 32.1 Å². The predicted molar refractivity (Wildman–Crippen MR) is 64.6 cm³/mol. The fourth-order valence-corrected chi connectivity index (χ4v) is 2.89. The van der Waals surface area contributed by atoms with E-state index in [1.807, 2.05) is 6.92 Å². The van der Waals surface area contributed by atoms with Crippen molar-refractivity contribution in [2.75, 3.05) is 7.05 Å². The van der Waals surface area contributed by atoms with Crippen molar-refractivity contribution in [3.63, 3.8) is 0 Å². The lowest BCUT2D eigenvalue weighted by Gasteiger charge is -2.42. The van der Waals surface area contributed by atoms with Crippen LogP contribution in [0.15, 0.2) is 0 Å². The monoisotopic (exact) mass is 213 g/mol. The van der Waals surface area contributed by atoms with E-state index in [2.05, 4.69) is 25.8 Å². The first-order chi connectivity index (χ1) is 7.07. The lowest BCUT2D eigenvalue weighted by Crippen LogP contribution is -2.46. The van der Waals surface area contributed by atoms with E-state index in [0.717, 1.165) is 11.8 Å². The minimum absolute atomic E-state index is 0.306. The second kappa shape index (κ2) is 5.86. The summed E-state index contributed by atoms with van der Waals surface area (Å²) in [5.41, 5.74) is 0. The fraction of sp³-hybridized carbons (Fsp3) is 1.00. The lowest BCUT2D eigenvalue weighted by molar-refractivity contribution is -0.0310. The molecule has 0 aliphatic heterocycles. The molecule has 1 fully saturated rings. The first kappa shape index (κ1) is 13.0. The van der Waals surface area contributed by atoms with E-state index < -0.39 is 0 Å². The number of aliphatic hydroxyl groups excluding tert-OH is 1. The average molecular weight is 213 g/mol. The third-order valence-corrected chi connectivity index (χ3v) is 4.27. The zero-order chi connectivity index (χ0) is 11.4. The summed E-state index contributed by atoms with van der Waals surface area (Å²) in [6, 6.07) is 0.591. The third kappa shape index (κ3) is 3.18. The molecule has 1 aliphatic carbocycles. The largest absolute Gasteiger partial charge is 0.379 e. The maximum atomic E-state index is 9.67. The van der Waals surface area contributed by atoms with Crippen LogP contribution >= 0.6 is 0 Å². The van der Waals surface area contributed by atoms with Crippen LogP contribution in [0.25, 0.3) is 0 Å².